The number of unbranched alkanes of at least 4 members (excludes halogenated alkanes) is 47. The van der Waals surface area contributed by atoms with E-state index in [2.05, 4.69) is 74.6 Å². The molecule has 2 unspecified atom stereocenters. The minimum Gasteiger partial charge on any atom is -0.462 e. The molecule has 0 heterocycles. The molecule has 0 aromatic rings. The van der Waals surface area contributed by atoms with Gasteiger partial charge in [-0.15, -0.1) is 0 Å². The summed E-state index contributed by atoms with van der Waals surface area (Å²) in [5.74, 6) is -0.808. The van der Waals surface area contributed by atoms with Gasteiger partial charge >= 0.3 is 19.8 Å². The fourth-order valence-corrected chi connectivity index (χ4v) is 11.7. The van der Waals surface area contributed by atoms with E-state index in [1.165, 1.54) is 289 Å². The molecule has 85 heavy (non-hydrogen) atoms. The number of allylic oxidation sites excluding steroid dienone is 10. The number of hydrogen-bond donors (Lipinski definition) is 2. The molecule has 0 spiro atoms. The smallest absolute Gasteiger partial charge is 0.462 e. The average molecular weight is 1210 g/mol. The number of hydrogen-bond acceptors (Lipinski definition) is 8. The van der Waals surface area contributed by atoms with Crippen molar-refractivity contribution in [3.05, 3.63) is 60.8 Å². The molecular weight excluding hydrogens is 1070 g/mol. The van der Waals surface area contributed by atoms with Crippen LogP contribution in [0.15, 0.2) is 60.8 Å². The highest BCUT2D eigenvalue weighted by atomic mass is 31.2. The Kier molecular flexibility index (Phi) is 68.9. The molecule has 0 amide bonds. The van der Waals surface area contributed by atoms with E-state index in [1.807, 2.05) is 0 Å². The number of nitrogens with two attached hydrogens (primary N) is 1. The summed E-state index contributed by atoms with van der Waals surface area (Å²) >= 11 is 0. The minimum atomic E-state index is -4.39. The Morgan fingerprint density at radius 2 is 0.612 bits per heavy atom. The van der Waals surface area contributed by atoms with Gasteiger partial charge in [0.05, 0.1) is 13.2 Å². The summed E-state index contributed by atoms with van der Waals surface area (Å²) in [6, 6.07) is 0. The average Bonchev–Trinajstić information content (AvgIpc) is 3.52. The molecule has 0 radical (unpaired) electrons. The van der Waals surface area contributed by atoms with Crippen LogP contribution < -0.4 is 5.73 Å². The third kappa shape index (κ3) is 70.7. The monoisotopic (exact) mass is 1210 g/mol. The Hall–Kier alpha value is -2.29. The Balaban J connectivity index is 3.82. The topological polar surface area (TPSA) is 134 Å². The highest BCUT2D eigenvalue weighted by Gasteiger charge is 2.26. The van der Waals surface area contributed by atoms with Gasteiger partial charge in [0.25, 0.3) is 0 Å². The molecule has 0 aromatic carbocycles. The molecule has 0 aliphatic carbocycles. The molecule has 3 N–H and O–H groups in total. The van der Waals surface area contributed by atoms with Gasteiger partial charge in [-0.05, 0) is 83.5 Å². The van der Waals surface area contributed by atoms with Gasteiger partial charge in [0, 0.05) is 19.4 Å². The lowest BCUT2D eigenvalue weighted by Crippen LogP contribution is -2.29. The molecule has 10 heteroatoms. The van der Waals surface area contributed by atoms with Gasteiger partial charge in [0.1, 0.15) is 6.61 Å². The molecule has 0 aliphatic rings. The normalized spacial score (nSPS) is 13.2. The molecule has 0 aliphatic heterocycles. The van der Waals surface area contributed by atoms with Crippen molar-refractivity contribution < 1.29 is 37.6 Å². The first-order valence-electron chi connectivity index (χ1n) is 36.8. The molecule has 0 rings (SSSR count). The van der Waals surface area contributed by atoms with Crippen molar-refractivity contribution in [2.24, 2.45) is 5.73 Å². The highest BCUT2D eigenvalue weighted by molar-refractivity contribution is 7.47. The van der Waals surface area contributed by atoms with Gasteiger partial charge in [0.15, 0.2) is 6.10 Å². The van der Waals surface area contributed by atoms with Crippen molar-refractivity contribution in [2.75, 3.05) is 26.4 Å². The zero-order valence-electron chi connectivity index (χ0n) is 56.1. The maximum absolute atomic E-state index is 12.8. The largest absolute Gasteiger partial charge is 0.472 e. The second-order valence-electron chi connectivity index (χ2n) is 24.8. The van der Waals surface area contributed by atoms with Gasteiger partial charge in [0.2, 0.25) is 0 Å². The van der Waals surface area contributed by atoms with Crippen LogP contribution in [0.5, 0.6) is 0 Å². The van der Waals surface area contributed by atoms with E-state index in [0.29, 0.717) is 6.42 Å². The molecule has 0 saturated heterocycles. The Morgan fingerprint density at radius 1 is 0.353 bits per heavy atom. The number of phosphoric ester groups is 1. The third-order valence-corrected chi connectivity index (χ3v) is 17.4. The highest BCUT2D eigenvalue weighted by Crippen LogP contribution is 2.43. The summed E-state index contributed by atoms with van der Waals surface area (Å²) in [4.78, 5) is 35.4. The molecule has 9 nitrogen and oxygen atoms in total. The first-order chi connectivity index (χ1) is 41.8. The minimum absolute atomic E-state index is 0.0545. The van der Waals surface area contributed by atoms with E-state index in [4.69, 9.17) is 24.3 Å². The van der Waals surface area contributed by atoms with E-state index < -0.39 is 26.5 Å². The molecule has 0 aromatic heterocycles. The number of phosphoric acid groups is 1. The predicted octanol–water partition coefficient (Wildman–Crippen LogP) is 24.2. The van der Waals surface area contributed by atoms with Crippen LogP contribution in [0.25, 0.3) is 0 Å². The first kappa shape index (κ1) is 82.7. The van der Waals surface area contributed by atoms with Gasteiger partial charge in [-0.1, -0.05) is 338 Å². The summed E-state index contributed by atoms with van der Waals surface area (Å²) in [6.07, 6.45) is 91.9. The van der Waals surface area contributed by atoms with Crippen LogP contribution in [-0.2, 0) is 32.7 Å². The Morgan fingerprint density at radius 3 is 0.906 bits per heavy atom. The van der Waals surface area contributed by atoms with Crippen LogP contribution in [0.3, 0.4) is 0 Å². The Bertz CT molecular complexity index is 1580. The number of ether oxygens (including phenoxy) is 2. The van der Waals surface area contributed by atoms with Crippen LogP contribution in [0.4, 0.5) is 0 Å². The SMILES string of the molecule is CCCCCCC/C=C\C/C=C\C/C=C\CCCCCCCCCCCCCCCCCCCCC(=O)OC(COC(=O)CCCCCCCCCCCCCCCCCCCCC/C=C\C/C=C\CCCCCCC)COP(=O)(O)OCCN. The van der Waals surface area contributed by atoms with Crippen LogP contribution in [0, 0.1) is 0 Å². The second-order valence-corrected chi connectivity index (χ2v) is 26.3. The summed E-state index contributed by atoms with van der Waals surface area (Å²) in [5, 5.41) is 0. The summed E-state index contributed by atoms with van der Waals surface area (Å²) in [7, 11) is -4.39. The van der Waals surface area contributed by atoms with Crippen molar-refractivity contribution in [3.8, 4) is 0 Å². The summed E-state index contributed by atoms with van der Waals surface area (Å²) in [6.45, 7) is 3.79. The van der Waals surface area contributed by atoms with Crippen LogP contribution in [0.1, 0.15) is 373 Å². The standard InChI is InChI=1S/C75H140NO8P/c1-3-5-7-9-11-13-15-17-19-21-23-25-27-29-31-33-35-36-38-40-42-44-46-48-50-52-54-56-58-60-62-64-66-68-75(78)84-73(72-83-85(79,80)82-70-69-76)71-81-74(77)67-65-63-61-59-57-55-53-51-49-47-45-43-41-39-37-34-32-30-28-26-24-22-20-18-16-14-12-10-8-6-4-2/h15-18,21-24,27,29,73H,3-14,19-20,25-26,28,30-72,76H2,1-2H3,(H,79,80)/b17-15-,18-16-,23-21-,24-22-,29-27-. The third-order valence-electron chi connectivity index (χ3n) is 16.4. The molecule has 498 valence electrons. The van der Waals surface area contributed by atoms with Crippen molar-refractivity contribution in [1.29, 1.82) is 0 Å². The van der Waals surface area contributed by atoms with Crippen molar-refractivity contribution in [2.45, 2.75) is 380 Å². The van der Waals surface area contributed by atoms with E-state index in [1.54, 1.807) is 0 Å². The van der Waals surface area contributed by atoms with E-state index in [0.717, 1.165) is 51.4 Å². The summed E-state index contributed by atoms with van der Waals surface area (Å²) in [5.41, 5.74) is 5.41. The lowest BCUT2D eigenvalue weighted by Gasteiger charge is -2.19. The van der Waals surface area contributed by atoms with Crippen LogP contribution in [-0.4, -0.2) is 49.3 Å². The lowest BCUT2D eigenvalue weighted by molar-refractivity contribution is -0.161. The first-order valence-corrected chi connectivity index (χ1v) is 38.3. The van der Waals surface area contributed by atoms with Crippen molar-refractivity contribution in [3.63, 3.8) is 0 Å². The number of rotatable bonds is 70. The van der Waals surface area contributed by atoms with Crippen molar-refractivity contribution in [1.82, 2.24) is 0 Å². The van der Waals surface area contributed by atoms with Gasteiger partial charge in [-0.3, -0.25) is 18.6 Å². The number of carbonyl (C=O) groups excluding carboxylic acids is 2. The quantitative estimate of drug-likeness (QED) is 0.0264. The van der Waals surface area contributed by atoms with Gasteiger partial charge in [-0.2, -0.15) is 0 Å². The zero-order valence-corrected chi connectivity index (χ0v) is 57.0. The molecule has 0 fully saturated rings. The van der Waals surface area contributed by atoms with E-state index >= 15 is 0 Å². The maximum Gasteiger partial charge on any atom is 0.472 e. The summed E-state index contributed by atoms with van der Waals surface area (Å²) < 4.78 is 33.2. The van der Waals surface area contributed by atoms with Gasteiger partial charge in [-0.25, -0.2) is 4.57 Å². The predicted molar refractivity (Wildman–Crippen MR) is 367 cm³/mol. The Labute approximate surface area is 527 Å². The van der Waals surface area contributed by atoms with E-state index in [-0.39, 0.29) is 38.6 Å². The molecule has 0 saturated carbocycles. The second kappa shape index (κ2) is 70.8. The van der Waals surface area contributed by atoms with Crippen molar-refractivity contribution >= 4 is 19.8 Å². The zero-order chi connectivity index (χ0) is 61.6. The number of esters is 2. The lowest BCUT2D eigenvalue weighted by atomic mass is 10.0. The molecule has 2 atom stereocenters. The van der Waals surface area contributed by atoms with Gasteiger partial charge < -0.3 is 20.1 Å². The maximum atomic E-state index is 12.8. The molecule has 0 bridgehead atoms. The fraction of sp³-hybridized carbons (Fsp3) is 0.840. The van der Waals surface area contributed by atoms with Crippen LogP contribution >= 0.6 is 7.82 Å². The number of carbonyl (C=O) groups is 2. The molecular formula is C75H140NO8P. The van der Waals surface area contributed by atoms with E-state index in [9.17, 15) is 19.0 Å². The fourth-order valence-electron chi connectivity index (χ4n) is 10.9. The van der Waals surface area contributed by atoms with Crippen LogP contribution in [0.2, 0.25) is 0 Å².